The van der Waals surface area contributed by atoms with E-state index in [4.69, 9.17) is 4.74 Å². The van der Waals surface area contributed by atoms with Crippen molar-refractivity contribution in [2.75, 3.05) is 12.4 Å². The molecule has 0 aliphatic heterocycles. The fourth-order valence-electron chi connectivity index (χ4n) is 1.29. The monoisotopic (exact) mass is 237 g/mol. The van der Waals surface area contributed by atoms with Crippen molar-refractivity contribution in [2.24, 2.45) is 0 Å². The molecule has 1 atom stereocenters. The number of hydrogen-bond acceptors (Lipinski definition) is 4. The first-order valence-electron chi connectivity index (χ1n) is 6.07. The molecule has 1 unspecified atom stereocenters. The number of anilines is 1. The molecule has 0 aliphatic carbocycles. The third-order valence-electron chi connectivity index (χ3n) is 2.59. The summed E-state index contributed by atoms with van der Waals surface area (Å²) in [5.74, 6) is 2.23. The van der Waals surface area contributed by atoms with Crippen LogP contribution in [0.25, 0.3) is 0 Å². The van der Waals surface area contributed by atoms with Crippen LogP contribution in [0.1, 0.15) is 46.9 Å². The van der Waals surface area contributed by atoms with Gasteiger partial charge in [-0.25, -0.2) is 4.98 Å². The minimum Gasteiger partial charge on any atom is -0.481 e. The molecule has 0 aliphatic rings. The molecule has 0 spiro atoms. The van der Waals surface area contributed by atoms with Crippen molar-refractivity contribution >= 4 is 5.82 Å². The zero-order valence-electron chi connectivity index (χ0n) is 11.7. The molecular weight excluding hydrogens is 214 g/mol. The number of aromatic nitrogens is 2. The van der Waals surface area contributed by atoms with Crippen molar-refractivity contribution in [3.63, 3.8) is 0 Å². The fraction of sp³-hybridized carbons (Fsp3) is 0.692. The van der Waals surface area contributed by atoms with Gasteiger partial charge in [-0.15, -0.1) is 0 Å². The molecule has 1 N–H and O–H groups in total. The molecule has 4 heteroatoms. The van der Waals surface area contributed by atoms with Crippen LogP contribution in [0.4, 0.5) is 5.82 Å². The van der Waals surface area contributed by atoms with Crippen LogP contribution in [0.5, 0.6) is 5.88 Å². The van der Waals surface area contributed by atoms with Crippen molar-refractivity contribution in [3.8, 4) is 5.88 Å². The third-order valence-corrected chi connectivity index (χ3v) is 2.59. The van der Waals surface area contributed by atoms with Gasteiger partial charge in [-0.1, -0.05) is 27.7 Å². The Morgan fingerprint density at radius 3 is 2.47 bits per heavy atom. The van der Waals surface area contributed by atoms with E-state index < -0.39 is 0 Å². The highest BCUT2D eigenvalue weighted by Crippen LogP contribution is 2.23. The second-order valence-corrected chi connectivity index (χ2v) is 5.32. The van der Waals surface area contributed by atoms with Gasteiger partial charge in [0.15, 0.2) is 0 Å². The Hall–Kier alpha value is -1.32. The van der Waals surface area contributed by atoms with Gasteiger partial charge in [0.25, 0.3) is 0 Å². The number of hydrogen-bond donors (Lipinski definition) is 1. The maximum atomic E-state index is 5.21. The number of ether oxygens (including phenoxy) is 1. The molecule has 0 aromatic carbocycles. The first-order chi connectivity index (χ1) is 7.86. The van der Waals surface area contributed by atoms with Crippen molar-refractivity contribution in [1.82, 2.24) is 9.97 Å². The molecule has 0 amide bonds. The lowest BCUT2D eigenvalue weighted by molar-refractivity contribution is 0.389. The first-order valence-corrected chi connectivity index (χ1v) is 6.07. The van der Waals surface area contributed by atoms with Gasteiger partial charge in [-0.2, -0.15) is 4.98 Å². The minimum absolute atomic E-state index is 0.0829. The summed E-state index contributed by atoms with van der Waals surface area (Å²) < 4.78 is 5.21. The van der Waals surface area contributed by atoms with E-state index in [-0.39, 0.29) is 5.41 Å². The highest BCUT2D eigenvalue weighted by molar-refractivity contribution is 5.40. The Balaban J connectivity index is 3.05. The van der Waals surface area contributed by atoms with E-state index in [1.54, 1.807) is 7.11 Å². The molecule has 0 saturated carbocycles. The highest BCUT2D eigenvalue weighted by Gasteiger charge is 2.19. The van der Waals surface area contributed by atoms with E-state index in [2.05, 4.69) is 49.9 Å². The lowest BCUT2D eigenvalue weighted by Crippen LogP contribution is -2.20. The van der Waals surface area contributed by atoms with Crippen molar-refractivity contribution in [3.05, 3.63) is 11.9 Å². The van der Waals surface area contributed by atoms with Gasteiger partial charge in [0.2, 0.25) is 5.88 Å². The van der Waals surface area contributed by atoms with E-state index >= 15 is 0 Å². The molecule has 1 heterocycles. The predicted molar refractivity (Wildman–Crippen MR) is 70.7 cm³/mol. The van der Waals surface area contributed by atoms with Gasteiger partial charge in [-0.05, 0) is 13.3 Å². The topological polar surface area (TPSA) is 47.0 Å². The third kappa shape index (κ3) is 3.88. The molecule has 0 saturated heterocycles. The van der Waals surface area contributed by atoms with Crippen LogP contribution in [0.3, 0.4) is 0 Å². The number of rotatable bonds is 4. The number of methoxy groups -OCH3 is 1. The van der Waals surface area contributed by atoms with Crippen molar-refractivity contribution < 1.29 is 4.74 Å². The van der Waals surface area contributed by atoms with E-state index in [9.17, 15) is 0 Å². The number of nitrogens with one attached hydrogen (secondary N) is 1. The lowest BCUT2D eigenvalue weighted by atomic mass is 9.96. The maximum Gasteiger partial charge on any atom is 0.218 e. The van der Waals surface area contributed by atoms with Gasteiger partial charge in [0.1, 0.15) is 11.6 Å². The molecule has 17 heavy (non-hydrogen) atoms. The average molecular weight is 237 g/mol. The Morgan fingerprint density at radius 1 is 1.35 bits per heavy atom. The summed E-state index contributed by atoms with van der Waals surface area (Å²) in [6.45, 7) is 10.5. The van der Waals surface area contributed by atoms with Crippen LogP contribution in [-0.2, 0) is 5.41 Å². The van der Waals surface area contributed by atoms with Crippen LogP contribution < -0.4 is 10.1 Å². The average Bonchev–Trinajstić information content (AvgIpc) is 2.27. The Morgan fingerprint density at radius 2 is 2.00 bits per heavy atom. The zero-order valence-corrected chi connectivity index (χ0v) is 11.7. The van der Waals surface area contributed by atoms with Gasteiger partial charge < -0.3 is 10.1 Å². The van der Waals surface area contributed by atoms with E-state index in [1.807, 2.05) is 6.07 Å². The molecule has 1 aromatic heterocycles. The Bertz CT molecular complexity index is 371. The van der Waals surface area contributed by atoms with Crippen LogP contribution in [0.15, 0.2) is 6.07 Å². The molecule has 1 rings (SSSR count). The summed E-state index contributed by atoms with van der Waals surface area (Å²) in [6.07, 6.45) is 1.05. The van der Waals surface area contributed by atoms with Crippen LogP contribution in [0, 0.1) is 0 Å². The van der Waals surface area contributed by atoms with Gasteiger partial charge in [0, 0.05) is 17.5 Å². The summed E-state index contributed by atoms with van der Waals surface area (Å²) in [5.41, 5.74) is -0.0829. The predicted octanol–water partition coefficient (Wildman–Crippen LogP) is 2.99. The minimum atomic E-state index is -0.0829. The first kappa shape index (κ1) is 13.7. The summed E-state index contributed by atoms with van der Waals surface area (Å²) in [4.78, 5) is 8.92. The largest absolute Gasteiger partial charge is 0.481 e. The quantitative estimate of drug-likeness (QED) is 0.874. The summed E-state index contributed by atoms with van der Waals surface area (Å²) >= 11 is 0. The van der Waals surface area contributed by atoms with Crippen molar-refractivity contribution in [2.45, 2.75) is 52.5 Å². The molecule has 96 valence electrons. The summed E-state index contributed by atoms with van der Waals surface area (Å²) in [5, 5.41) is 3.35. The van der Waals surface area contributed by atoms with Crippen LogP contribution >= 0.6 is 0 Å². The normalized spacial score (nSPS) is 13.3. The van der Waals surface area contributed by atoms with E-state index in [0.29, 0.717) is 11.9 Å². The second-order valence-electron chi connectivity index (χ2n) is 5.32. The van der Waals surface area contributed by atoms with Gasteiger partial charge >= 0.3 is 0 Å². The smallest absolute Gasteiger partial charge is 0.218 e. The molecule has 0 fully saturated rings. The fourth-order valence-corrected chi connectivity index (χ4v) is 1.29. The maximum absolute atomic E-state index is 5.21. The molecule has 1 aromatic rings. The second kappa shape index (κ2) is 5.34. The number of nitrogens with zero attached hydrogens (tertiary/aromatic N) is 2. The van der Waals surface area contributed by atoms with Gasteiger partial charge in [0.05, 0.1) is 7.11 Å². The summed E-state index contributed by atoms with van der Waals surface area (Å²) in [7, 11) is 1.63. The van der Waals surface area contributed by atoms with Crippen molar-refractivity contribution in [1.29, 1.82) is 0 Å². The van der Waals surface area contributed by atoms with E-state index in [0.717, 1.165) is 18.1 Å². The molecular formula is C13H23N3O. The SMILES string of the molecule is CCC(C)Nc1cc(OC)nc(C(C)(C)C)n1. The molecule has 0 radical (unpaired) electrons. The van der Waals surface area contributed by atoms with Gasteiger partial charge in [-0.3, -0.25) is 0 Å². The van der Waals surface area contributed by atoms with E-state index in [1.165, 1.54) is 0 Å². The zero-order chi connectivity index (χ0) is 13.1. The van der Waals surface area contributed by atoms with Crippen LogP contribution in [-0.4, -0.2) is 23.1 Å². The summed E-state index contributed by atoms with van der Waals surface area (Å²) in [6, 6.07) is 2.23. The Labute approximate surface area is 104 Å². The standard InChI is InChI=1S/C13H23N3O/c1-7-9(2)14-10-8-11(17-6)16-12(15-10)13(3,4)5/h8-9H,7H2,1-6H3,(H,14,15,16). The Kier molecular flexibility index (Phi) is 4.32. The van der Waals surface area contributed by atoms with Crippen LogP contribution in [0.2, 0.25) is 0 Å². The molecule has 0 bridgehead atoms. The highest BCUT2D eigenvalue weighted by atomic mass is 16.5. The lowest BCUT2D eigenvalue weighted by Gasteiger charge is -2.19. The molecule has 4 nitrogen and oxygen atoms in total.